The van der Waals surface area contributed by atoms with E-state index in [1.54, 1.807) is 35.4 Å². The van der Waals surface area contributed by atoms with Crippen LogP contribution in [0.1, 0.15) is 40.8 Å². The van der Waals surface area contributed by atoms with E-state index in [2.05, 4.69) is 10.3 Å². The van der Waals surface area contributed by atoms with Crippen LogP contribution >= 0.6 is 11.6 Å². The van der Waals surface area contributed by atoms with Crippen LogP contribution in [0.2, 0.25) is 5.02 Å². The Hall–Kier alpha value is -3.06. The number of hydrogen-bond acceptors (Lipinski definition) is 4. The minimum absolute atomic E-state index is 0.102. The number of furan rings is 1. The maximum atomic E-state index is 13.2. The fraction of sp³-hybridized carbons (Fsp3) is 0.318. The van der Waals surface area contributed by atoms with Crippen LogP contribution in [-0.4, -0.2) is 39.4 Å². The number of carbonyl (C=O) groups excluding carboxylic acids is 2. The molecule has 30 heavy (non-hydrogen) atoms. The van der Waals surface area contributed by atoms with E-state index in [4.69, 9.17) is 16.0 Å². The Morgan fingerprint density at radius 2 is 2.07 bits per heavy atom. The molecule has 0 radical (unpaired) electrons. The Labute approximate surface area is 179 Å². The molecule has 8 heteroatoms. The van der Waals surface area contributed by atoms with E-state index in [0.717, 1.165) is 24.2 Å². The van der Waals surface area contributed by atoms with Crippen molar-refractivity contribution in [3.8, 4) is 0 Å². The number of benzene rings is 1. The van der Waals surface area contributed by atoms with Crippen LogP contribution in [0, 0.1) is 5.92 Å². The molecule has 1 aliphatic rings. The van der Waals surface area contributed by atoms with Gasteiger partial charge in [-0.25, -0.2) is 4.98 Å². The van der Waals surface area contributed by atoms with E-state index in [9.17, 15) is 9.59 Å². The van der Waals surface area contributed by atoms with E-state index < -0.39 is 6.04 Å². The fourth-order valence-electron chi connectivity index (χ4n) is 3.80. The van der Waals surface area contributed by atoms with Gasteiger partial charge >= 0.3 is 0 Å². The summed E-state index contributed by atoms with van der Waals surface area (Å²) in [6.45, 7) is 0.975. The lowest BCUT2D eigenvalue weighted by atomic mass is 9.95. The van der Waals surface area contributed by atoms with Crippen LogP contribution in [0.5, 0.6) is 0 Å². The van der Waals surface area contributed by atoms with Crippen molar-refractivity contribution in [2.45, 2.75) is 18.9 Å². The van der Waals surface area contributed by atoms with Crippen LogP contribution in [-0.2, 0) is 11.8 Å². The highest BCUT2D eigenvalue weighted by atomic mass is 35.5. The first-order valence-electron chi connectivity index (χ1n) is 9.89. The predicted molar refractivity (Wildman–Crippen MR) is 112 cm³/mol. The summed E-state index contributed by atoms with van der Waals surface area (Å²) >= 11 is 6.03. The second-order valence-corrected chi connectivity index (χ2v) is 7.89. The third-order valence-corrected chi connectivity index (χ3v) is 5.67. The molecule has 4 rings (SSSR count). The molecule has 0 bridgehead atoms. The first-order chi connectivity index (χ1) is 14.5. The number of imidazole rings is 1. The highest BCUT2D eigenvalue weighted by Gasteiger charge is 2.32. The number of nitrogens with zero attached hydrogens (tertiary/aromatic N) is 3. The molecule has 156 valence electrons. The molecular formula is C22H23ClN4O3. The molecule has 1 aliphatic heterocycles. The molecule has 0 aliphatic carbocycles. The van der Waals surface area contributed by atoms with Crippen LogP contribution in [0.3, 0.4) is 0 Å². The van der Waals surface area contributed by atoms with Crippen molar-refractivity contribution in [2.75, 3.05) is 13.1 Å². The summed E-state index contributed by atoms with van der Waals surface area (Å²) in [5.41, 5.74) is 0.890. The number of piperidine rings is 1. The summed E-state index contributed by atoms with van der Waals surface area (Å²) < 4.78 is 7.11. The van der Waals surface area contributed by atoms with Crippen LogP contribution < -0.4 is 5.32 Å². The molecule has 1 N–H and O–H groups in total. The Morgan fingerprint density at radius 3 is 2.73 bits per heavy atom. The summed E-state index contributed by atoms with van der Waals surface area (Å²) in [4.78, 5) is 31.9. The lowest BCUT2D eigenvalue weighted by Gasteiger charge is -2.32. The summed E-state index contributed by atoms with van der Waals surface area (Å²) in [5.74, 6) is 0.437. The minimum Gasteiger partial charge on any atom is -0.459 e. The molecule has 3 heterocycles. The van der Waals surface area contributed by atoms with Crippen molar-refractivity contribution >= 4 is 23.4 Å². The number of rotatable bonds is 5. The van der Waals surface area contributed by atoms with Gasteiger partial charge in [-0.1, -0.05) is 23.7 Å². The Morgan fingerprint density at radius 1 is 1.27 bits per heavy atom. The molecule has 2 amide bonds. The quantitative estimate of drug-likeness (QED) is 0.677. The van der Waals surface area contributed by atoms with Gasteiger partial charge in [0.1, 0.15) is 11.9 Å². The SMILES string of the molecule is Cn1ccnc1[C@H](NC(=O)[C@H]1CCCN(C(=O)c2ccco2)C1)c1ccc(Cl)cc1. The molecule has 0 unspecified atom stereocenters. The molecule has 0 saturated carbocycles. The lowest BCUT2D eigenvalue weighted by Crippen LogP contribution is -2.46. The van der Waals surface area contributed by atoms with Crippen LogP contribution in [0.15, 0.2) is 59.5 Å². The summed E-state index contributed by atoms with van der Waals surface area (Å²) in [5, 5.41) is 3.76. The van der Waals surface area contributed by atoms with Crippen molar-refractivity contribution in [1.82, 2.24) is 19.8 Å². The molecule has 2 aromatic heterocycles. The molecular weight excluding hydrogens is 404 g/mol. The van der Waals surface area contributed by atoms with Gasteiger partial charge in [0.15, 0.2) is 5.76 Å². The fourth-order valence-corrected chi connectivity index (χ4v) is 3.93. The second-order valence-electron chi connectivity index (χ2n) is 7.46. The molecule has 2 atom stereocenters. The van der Waals surface area contributed by atoms with E-state index >= 15 is 0 Å². The number of aryl methyl sites for hydroxylation is 1. The summed E-state index contributed by atoms with van der Waals surface area (Å²) in [6, 6.07) is 10.3. The zero-order valence-corrected chi connectivity index (χ0v) is 17.4. The number of likely N-dealkylation sites (tertiary alicyclic amines) is 1. The molecule has 7 nitrogen and oxygen atoms in total. The predicted octanol–water partition coefficient (Wildman–Crippen LogP) is 3.42. The molecule has 1 aromatic carbocycles. The number of carbonyl (C=O) groups is 2. The average Bonchev–Trinajstić information content (AvgIpc) is 3.44. The zero-order chi connectivity index (χ0) is 21.1. The van der Waals surface area contributed by atoms with Gasteiger partial charge < -0.3 is 19.2 Å². The van der Waals surface area contributed by atoms with Crippen LogP contribution in [0.25, 0.3) is 0 Å². The first kappa shape index (κ1) is 20.2. The largest absolute Gasteiger partial charge is 0.459 e. The number of halogens is 1. The lowest BCUT2D eigenvalue weighted by molar-refractivity contribution is -0.126. The maximum absolute atomic E-state index is 13.2. The number of nitrogens with one attached hydrogen (secondary N) is 1. The van der Waals surface area contributed by atoms with E-state index in [-0.39, 0.29) is 17.7 Å². The number of aromatic nitrogens is 2. The number of hydrogen-bond donors (Lipinski definition) is 1. The Balaban J connectivity index is 1.51. The first-order valence-corrected chi connectivity index (χ1v) is 10.3. The van der Waals surface area contributed by atoms with Crippen molar-refractivity contribution in [3.05, 3.63) is 77.2 Å². The molecule has 3 aromatic rings. The zero-order valence-electron chi connectivity index (χ0n) is 16.6. The van der Waals surface area contributed by atoms with Gasteiger partial charge in [-0.3, -0.25) is 9.59 Å². The third-order valence-electron chi connectivity index (χ3n) is 5.42. The highest BCUT2D eigenvalue weighted by Crippen LogP contribution is 2.25. The maximum Gasteiger partial charge on any atom is 0.289 e. The third kappa shape index (κ3) is 4.26. The summed E-state index contributed by atoms with van der Waals surface area (Å²) in [7, 11) is 1.89. The highest BCUT2D eigenvalue weighted by molar-refractivity contribution is 6.30. The molecule has 0 spiro atoms. The standard InChI is InChI=1S/C22H23ClN4O3/c1-26-12-10-24-20(26)19(15-6-8-17(23)9-7-15)25-21(28)16-4-2-11-27(14-16)22(29)18-5-3-13-30-18/h3,5-10,12-13,16,19H,2,4,11,14H2,1H3,(H,25,28)/t16-,19+/m0/s1. The average molecular weight is 427 g/mol. The molecule has 1 saturated heterocycles. The summed E-state index contributed by atoms with van der Waals surface area (Å²) in [6.07, 6.45) is 6.51. The van der Waals surface area contributed by atoms with Crippen molar-refractivity contribution < 1.29 is 14.0 Å². The normalized spacial score (nSPS) is 17.5. The van der Waals surface area contributed by atoms with E-state index in [1.165, 1.54) is 6.26 Å². The van der Waals surface area contributed by atoms with Crippen molar-refractivity contribution in [1.29, 1.82) is 0 Å². The second kappa shape index (κ2) is 8.75. The van der Waals surface area contributed by atoms with Crippen molar-refractivity contribution in [2.24, 2.45) is 13.0 Å². The topological polar surface area (TPSA) is 80.4 Å². The number of amides is 2. The van der Waals surface area contributed by atoms with Gasteiger partial charge in [-0.2, -0.15) is 0 Å². The van der Waals surface area contributed by atoms with Gasteiger partial charge in [0.25, 0.3) is 5.91 Å². The van der Waals surface area contributed by atoms with Crippen molar-refractivity contribution in [3.63, 3.8) is 0 Å². The Bertz CT molecular complexity index is 1010. The van der Waals surface area contributed by atoms with E-state index in [1.807, 2.05) is 29.9 Å². The Kier molecular flexibility index (Phi) is 5.90. The van der Waals surface area contributed by atoms with Crippen LogP contribution in [0.4, 0.5) is 0 Å². The smallest absolute Gasteiger partial charge is 0.289 e. The van der Waals surface area contributed by atoms with Gasteiger partial charge in [0, 0.05) is 37.6 Å². The van der Waals surface area contributed by atoms with Gasteiger partial charge in [0.2, 0.25) is 5.91 Å². The van der Waals surface area contributed by atoms with Gasteiger partial charge in [-0.05, 0) is 42.7 Å². The minimum atomic E-state index is -0.411. The molecule has 1 fully saturated rings. The van der Waals surface area contributed by atoms with E-state index in [0.29, 0.717) is 23.9 Å². The van der Waals surface area contributed by atoms with Gasteiger partial charge in [-0.15, -0.1) is 0 Å². The monoisotopic (exact) mass is 426 g/mol. The van der Waals surface area contributed by atoms with Gasteiger partial charge in [0.05, 0.1) is 12.2 Å².